The number of nitrogens with two attached hydrogens (primary N) is 1. The lowest BCUT2D eigenvalue weighted by atomic mass is 10.1. The Kier molecular flexibility index (Phi) is 2.63. The van der Waals surface area contributed by atoms with Gasteiger partial charge in [-0.05, 0) is 5.92 Å². The second-order valence-electron chi connectivity index (χ2n) is 4.04. The van der Waals surface area contributed by atoms with Crippen molar-refractivity contribution in [2.45, 2.75) is 31.8 Å². The van der Waals surface area contributed by atoms with Gasteiger partial charge in [0.1, 0.15) is 11.6 Å². The van der Waals surface area contributed by atoms with Crippen LogP contribution >= 0.6 is 11.8 Å². The van der Waals surface area contributed by atoms with Crippen LogP contribution in [0.4, 0.5) is 5.82 Å². The summed E-state index contributed by atoms with van der Waals surface area (Å²) in [7, 11) is 0. The van der Waals surface area contributed by atoms with Crippen molar-refractivity contribution in [2.75, 3.05) is 5.73 Å². The van der Waals surface area contributed by atoms with Crippen LogP contribution in [0.2, 0.25) is 0 Å². The Morgan fingerprint density at radius 3 is 2.86 bits per heavy atom. The zero-order valence-corrected chi connectivity index (χ0v) is 9.40. The smallest absolute Gasteiger partial charge is 0.131 e. The van der Waals surface area contributed by atoms with Crippen molar-refractivity contribution < 1.29 is 0 Å². The highest BCUT2D eigenvalue weighted by Crippen LogP contribution is 2.31. The summed E-state index contributed by atoms with van der Waals surface area (Å²) >= 11 is 1.86. The van der Waals surface area contributed by atoms with E-state index in [0.29, 0.717) is 11.7 Å². The van der Waals surface area contributed by atoms with Crippen LogP contribution in [0.15, 0.2) is 0 Å². The maximum absolute atomic E-state index is 5.88. The summed E-state index contributed by atoms with van der Waals surface area (Å²) < 4.78 is 0. The molecule has 0 radical (unpaired) electrons. The van der Waals surface area contributed by atoms with E-state index < -0.39 is 0 Å². The standard InChI is InChI=1S/C10H15N3S/c1-6(2)3-9-12-8-5-14-4-7(8)10(11)13-9/h6H,3-5H2,1-2H3,(H2,11,12,13). The second-order valence-corrected chi connectivity index (χ2v) is 5.03. The summed E-state index contributed by atoms with van der Waals surface area (Å²) in [5, 5.41) is 0. The molecule has 2 N–H and O–H groups in total. The zero-order chi connectivity index (χ0) is 10.1. The Hall–Kier alpha value is -0.770. The van der Waals surface area contributed by atoms with Crippen LogP contribution in [-0.2, 0) is 17.9 Å². The third kappa shape index (κ3) is 1.85. The van der Waals surface area contributed by atoms with Crippen LogP contribution in [0.5, 0.6) is 0 Å². The fourth-order valence-corrected chi connectivity index (χ4v) is 2.64. The summed E-state index contributed by atoms with van der Waals surface area (Å²) in [5.74, 6) is 4.15. The summed E-state index contributed by atoms with van der Waals surface area (Å²) in [6.45, 7) is 4.34. The van der Waals surface area contributed by atoms with E-state index in [1.165, 1.54) is 0 Å². The number of hydrogen-bond acceptors (Lipinski definition) is 4. The first-order valence-corrected chi connectivity index (χ1v) is 6.04. The Morgan fingerprint density at radius 1 is 1.36 bits per heavy atom. The van der Waals surface area contributed by atoms with Gasteiger partial charge < -0.3 is 5.73 Å². The predicted octanol–water partition coefficient (Wildman–Crippen LogP) is 2.00. The first-order chi connectivity index (χ1) is 6.66. The molecular weight excluding hydrogens is 194 g/mol. The highest BCUT2D eigenvalue weighted by molar-refractivity contribution is 7.98. The molecule has 0 bridgehead atoms. The van der Waals surface area contributed by atoms with Gasteiger partial charge in [-0.15, -0.1) is 0 Å². The minimum absolute atomic E-state index is 0.585. The van der Waals surface area contributed by atoms with Crippen molar-refractivity contribution >= 4 is 17.6 Å². The van der Waals surface area contributed by atoms with E-state index in [1.807, 2.05) is 11.8 Å². The number of fused-ring (bicyclic) bond motifs is 1. The number of hydrogen-bond donors (Lipinski definition) is 1. The number of thioether (sulfide) groups is 1. The van der Waals surface area contributed by atoms with E-state index in [0.717, 1.165) is 35.0 Å². The molecule has 0 atom stereocenters. The fourth-order valence-electron chi connectivity index (χ4n) is 1.59. The molecule has 2 rings (SSSR count). The topological polar surface area (TPSA) is 51.8 Å². The summed E-state index contributed by atoms with van der Waals surface area (Å²) in [6.07, 6.45) is 0.919. The van der Waals surface area contributed by atoms with E-state index >= 15 is 0 Å². The van der Waals surface area contributed by atoms with Crippen molar-refractivity contribution in [1.29, 1.82) is 0 Å². The number of nitrogens with zero attached hydrogens (tertiary/aromatic N) is 2. The average molecular weight is 209 g/mol. The second kappa shape index (κ2) is 3.77. The maximum Gasteiger partial charge on any atom is 0.131 e. The molecule has 0 fully saturated rings. The number of nitrogen functional groups attached to an aromatic ring is 1. The van der Waals surface area contributed by atoms with E-state index in [1.54, 1.807) is 0 Å². The predicted molar refractivity (Wildman–Crippen MR) is 60.0 cm³/mol. The molecular formula is C10H15N3S. The average Bonchev–Trinajstić information content (AvgIpc) is 2.50. The molecule has 1 aliphatic heterocycles. The van der Waals surface area contributed by atoms with Gasteiger partial charge >= 0.3 is 0 Å². The number of aromatic nitrogens is 2. The number of anilines is 1. The number of rotatable bonds is 2. The van der Waals surface area contributed by atoms with E-state index in [2.05, 4.69) is 23.8 Å². The molecule has 0 unspecified atom stereocenters. The van der Waals surface area contributed by atoms with Gasteiger partial charge in [-0.3, -0.25) is 0 Å². The first kappa shape index (κ1) is 9.77. The molecule has 14 heavy (non-hydrogen) atoms. The molecule has 0 aliphatic carbocycles. The highest BCUT2D eigenvalue weighted by atomic mass is 32.2. The summed E-state index contributed by atoms with van der Waals surface area (Å²) in [4.78, 5) is 8.88. The van der Waals surface area contributed by atoms with Crippen molar-refractivity contribution in [3.8, 4) is 0 Å². The van der Waals surface area contributed by atoms with Gasteiger partial charge in [-0.25, -0.2) is 9.97 Å². The third-order valence-electron chi connectivity index (χ3n) is 2.25. The quantitative estimate of drug-likeness (QED) is 0.809. The molecule has 0 aromatic carbocycles. The lowest BCUT2D eigenvalue weighted by Crippen LogP contribution is -2.07. The monoisotopic (exact) mass is 209 g/mol. The van der Waals surface area contributed by atoms with E-state index in [-0.39, 0.29) is 0 Å². The molecule has 1 aliphatic rings. The first-order valence-electron chi connectivity index (χ1n) is 4.88. The lowest BCUT2D eigenvalue weighted by molar-refractivity contribution is 0.619. The Morgan fingerprint density at radius 2 is 2.14 bits per heavy atom. The van der Waals surface area contributed by atoms with Gasteiger partial charge in [0.2, 0.25) is 0 Å². The molecule has 3 nitrogen and oxygen atoms in total. The highest BCUT2D eigenvalue weighted by Gasteiger charge is 2.18. The molecule has 0 saturated carbocycles. The summed E-state index contributed by atoms with van der Waals surface area (Å²) in [6, 6.07) is 0. The molecule has 1 aromatic heterocycles. The Labute approximate surface area is 88.5 Å². The van der Waals surface area contributed by atoms with Crippen molar-refractivity contribution in [3.05, 3.63) is 17.1 Å². The Balaban J connectivity index is 2.32. The van der Waals surface area contributed by atoms with Crippen molar-refractivity contribution in [3.63, 3.8) is 0 Å². The van der Waals surface area contributed by atoms with Crippen LogP contribution < -0.4 is 5.73 Å². The molecule has 4 heteroatoms. The lowest BCUT2D eigenvalue weighted by Gasteiger charge is -2.07. The fraction of sp³-hybridized carbons (Fsp3) is 0.600. The van der Waals surface area contributed by atoms with Crippen LogP contribution in [0.3, 0.4) is 0 Å². The van der Waals surface area contributed by atoms with Crippen molar-refractivity contribution in [2.24, 2.45) is 5.92 Å². The molecule has 0 amide bonds. The van der Waals surface area contributed by atoms with Crippen LogP contribution in [-0.4, -0.2) is 9.97 Å². The summed E-state index contributed by atoms with van der Waals surface area (Å²) in [5.41, 5.74) is 8.19. The largest absolute Gasteiger partial charge is 0.383 e. The molecule has 2 heterocycles. The van der Waals surface area contributed by atoms with Gasteiger partial charge in [0.25, 0.3) is 0 Å². The van der Waals surface area contributed by atoms with E-state index in [9.17, 15) is 0 Å². The van der Waals surface area contributed by atoms with E-state index in [4.69, 9.17) is 5.73 Å². The van der Waals surface area contributed by atoms with Crippen LogP contribution in [0.25, 0.3) is 0 Å². The van der Waals surface area contributed by atoms with Gasteiger partial charge in [0.15, 0.2) is 0 Å². The molecule has 76 valence electrons. The zero-order valence-electron chi connectivity index (χ0n) is 8.58. The van der Waals surface area contributed by atoms with Gasteiger partial charge in [0.05, 0.1) is 5.69 Å². The maximum atomic E-state index is 5.88. The van der Waals surface area contributed by atoms with Crippen molar-refractivity contribution in [1.82, 2.24) is 9.97 Å². The van der Waals surface area contributed by atoms with Gasteiger partial charge in [-0.2, -0.15) is 11.8 Å². The minimum Gasteiger partial charge on any atom is -0.383 e. The van der Waals surface area contributed by atoms with Gasteiger partial charge in [0, 0.05) is 23.5 Å². The Bertz CT molecular complexity index is 349. The van der Waals surface area contributed by atoms with Crippen LogP contribution in [0.1, 0.15) is 30.9 Å². The molecule has 1 aromatic rings. The normalized spacial score (nSPS) is 14.8. The SMILES string of the molecule is CC(C)Cc1nc(N)c2c(n1)CSC2. The third-order valence-corrected chi connectivity index (χ3v) is 3.22. The van der Waals surface area contributed by atoms with Gasteiger partial charge in [-0.1, -0.05) is 13.8 Å². The molecule has 0 saturated heterocycles. The minimum atomic E-state index is 0.585. The molecule has 0 spiro atoms. The van der Waals surface area contributed by atoms with Crippen LogP contribution in [0, 0.1) is 5.92 Å².